The molecule has 1 saturated carbocycles. The first-order valence-corrected chi connectivity index (χ1v) is 8.27. The van der Waals surface area contributed by atoms with Crippen molar-refractivity contribution >= 4 is 17.6 Å². The third-order valence-corrected chi connectivity index (χ3v) is 4.46. The molecule has 2 N–H and O–H groups in total. The highest BCUT2D eigenvalue weighted by atomic mass is 16.5. The predicted molar refractivity (Wildman–Crippen MR) is 90.3 cm³/mol. The molecule has 0 bridgehead atoms. The number of nitrogens with one attached hydrogen (secondary N) is 1. The van der Waals surface area contributed by atoms with Crippen molar-refractivity contribution in [1.29, 1.82) is 0 Å². The lowest BCUT2D eigenvalue weighted by Crippen LogP contribution is -2.29. The maximum atomic E-state index is 12.4. The Balaban J connectivity index is 1.89. The average Bonchev–Trinajstić information content (AvgIpc) is 2.57. The van der Waals surface area contributed by atoms with Gasteiger partial charge >= 0.3 is 5.97 Å². The van der Waals surface area contributed by atoms with E-state index in [0.717, 1.165) is 17.0 Å². The van der Waals surface area contributed by atoms with Crippen molar-refractivity contribution in [2.45, 2.75) is 32.6 Å². The Labute approximate surface area is 142 Å². The van der Waals surface area contributed by atoms with Gasteiger partial charge in [-0.25, -0.2) is 0 Å². The minimum absolute atomic E-state index is 0.0324. The number of methoxy groups -OCH3 is 1. The number of hydrogen-bond donors (Lipinski definition) is 2. The Morgan fingerprint density at radius 3 is 2.42 bits per heavy atom. The molecule has 1 aromatic carbocycles. The lowest BCUT2D eigenvalue weighted by Gasteiger charge is -2.25. The summed E-state index contributed by atoms with van der Waals surface area (Å²) in [7, 11) is 1.62. The number of carbonyl (C=O) groups is 2. The summed E-state index contributed by atoms with van der Waals surface area (Å²) in [5.74, 6) is -0.467. The Bertz CT molecular complexity index is 579. The van der Waals surface area contributed by atoms with Gasteiger partial charge in [-0.1, -0.05) is 0 Å². The minimum atomic E-state index is -0.756. The summed E-state index contributed by atoms with van der Waals surface area (Å²) in [4.78, 5) is 23.4. The Morgan fingerprint density at radius 1 is 1.17 bits per heavy atom. The highest BCUT2D eigenvalue weighted by molar-refractivity contribution is 5.93. The summed E-state index contributed by atoms with van der Waals surface area (Å²) >= 11 is 0. The molecule has 24 heavy (non-hydrogen) atoms. The molecule has 6 nitrogen and oxygen atoms in total. The van der Waals surface area contributed by atoms with Gasteiger partial charge in [0, 0.05) is 18.7 Å². The minimum Gasteiger partial charge on any atom is -0.491 e. The monoisotopic (exact) mass is 335 g/mol. The summed E-state index contributed by atoms with van der Waals surface area (Å²) in [6.07, 6.45) is 2.39. The van der Waals surface area contributed by atoms with E-state index in [1.54, 1.807) is 7.11 Å². The number of anilines is 1. The van der Waals surface area contributed by atoms with Crippen LogP contribution in [-0.2, 0) is 14.3 Å². The zero-order valence-electron chi connectivity index (χ0n) is 14.2. The van der Waals surface area contributed by atoms with Crippen LogP contribution in [0.5, 0.6) is 5.75 Å². The third kappa shape index (κ3) is 4.96. The zero-order valence-corrected chi connectivity index (χ0v) is 14.2. The maximum absolute atomic E-state index is 12.4. The number of hydrogen-bond acceptors (Lipinski definition) is 4. The molecule has 0 atom stereocenters. The number of aryl methyl sites for hydroxylation is 1. The van der Waals surface area contributed by atoms with Crippen molar-refractivity contribution in [3.63, 3.8) is 0 Å². The van der Waals surface area contributed by atoms with Crippen LogP contribution in [0, 0.1) is 18.8 Å². The fourth-order valence-electron chi connectivity index (χ4n) is 2.95. The molecule has 0 heterocycles. The number of carboxylic acid groups (broad SMARTS) is 1. The van der Waals surface area contributed by atoms with E-state index in [1.807, 2.05) is 25.1 Å². The topological polar surface area (TPSA) is 84.9 Å². The number of benzene rings is 1. The molecule has 0 radical (unpaired) electrons. The lowest BCUT2D eigenvalue weighted by molar-refractivity contribution is -0.143. The van der Waals surface area contributed by atoms with E-state index in [1.165, 1.54) is 0 Å². The smallest absolute Gasteiger partial charge is 0.306 e. The summed E-state index contributed by atoms with van der Waals surface area (Å²) < 4.78 is 10.5. The average molecular weight is 335 g/mol. The number of ether oxygens (including phenoxy) is 2. The molecule has 1 aromatic rings. The van der Waals surface area contributed by atoms with Crippen LogP contribution >= 0.6 is 0 Å². The molecule has 132 valence electrons. The van der Waals surface area contributed by atoms with Gasteiger partial charge in [-0.3, -0.25) is 9.59 Å². The Kier molecular flexibility index (Phi) is 6.61. The molecule has 0 aromatic heterocycles. The number of carboxylic acids is 1. The van der Waals surface area contributed by atoms with Crippen molar-refractivity contribution in [2.75, 3.05) is 25.6 Å². The van der Waals surface area contributed by atoms with Crippen LogP contribution in [0.3, 0.4) is 0 Å². The van der Waals surface area contributed by atoms with Gasteiger partial charge in [0.1, 0.15) is 12.4 Å². The van der Waals surface area contributed by atoms with Gasteiger partial charge in [0.2, 0.25) is 5.91 Å². The van der Waals surface area contributed by atoms with E-state index < -0.39 is 5.97 Å². The summed E-state index contributed by atoms with van der Waals surface area (Å²) in [5.41, 5.74) is 1.69. The fraction of sp³-hybridized carbons (Fsp3) is 0.556. The summed E-state index contributed by atoms with van der Waals surface area (Å²) in [5, 5.41) is 12.0. The number of carbonyl (C=O) groups excluding carboxylic acids is 1. The molecular formula is C18H25NO5. The SMILES string of the molecule is COCCOc1ccc(NC(=O)C2CCC(C(=O)O)CC2)c(C)c1. The van der Waals surface area contributed by atoms with Gasteiger partial charge in [-0.2, -0.15) is 0 Å². The molecular weight excluding hydrogens is 310 g/mol. The largest absolute Gasteiger partial charge is 0.491 e. The molecule has 1 fully saturated rings. The molecule has 0 spiro atoms. The first-order valence-electron chi connectivity index (χ1n) is 8.27. The van der Waals surface area contributed by atoms with Crippen molar-refractivity contribution < 1.29 is 24.2 Å². The van der Waals surface area contributed by atoms with Crippen LogP contribution in [-0.4, -0.2) is 37.3 Å². The molecule has 0 saturated heterocycles. The van der Waals surface area contributed by atoms with E-state index in [2.05, 4.69) is 5.32 Å². The number of amides is 1. The molecule has 1 aliphatic rings. The van der Waals surface area contributed by atoms with Crippen LogP contribution < -0.4 is 10.1 Å². The van der Waals surface area contributed by atoms with Crippen molar-refractivity contribution in [2.24, 2.45) is 11.8 Å². The number of rotatable bonds is 7. The van der Waals surface area contributed by atoms with Gasteiger partial charge in [-0.05, 0) is 56.4 Å². The van der Waals surface area contributed by atoms with E-state index in [9.17, 15) is 9.59 Å². The Morgan fingerprint density at radius 2 is 1.83 bits per heavy atom. The molecule has 0 aliphatic heterocycles. The highest BCUT2D eigenvalue weighted by Crippen LogP contribution is 2.30. The van der Waals surface area contributed by atoms with E-state index in [4.69, 9.17) is 14.6 Å². The zero-order chi connectivity index (χ0) is 17.5. The van der Waals surface area contributed by atoms with Crippen LogP contribution in [0.25, 0.3) is 0 Å². The van der Waals surface area contributed by atoms with Crippen LogP contribution in [0.4, 0.5) is 5.69 Å². The quantitative estimate of drug-likeness (QED) is 0.749. The van der Waals surface area contributed by atoms with Gasteiger partial charge in [0.05, 0.1) is 12.5 Å². The lowest BCUT2D eigenvalue weighted by atomic mass is 9.81. The normalized spacial score (nSPS) is 20.4. The first kappa shape index (κ1) is 18.3. The second-order valence-corrected chi connectivity index (χ2v) is 6.19. The molecule has 6 heteroatoms. The standard InChI is InChI=1S/C18H25NO5/c1-12-11-15(24-10-9-23-2)7-8-16(12)19-17(20)13-3-5-14(6-4-13)18(21)22/h7-8,11,13-14H,3-6,9-10H2,1-2H3,(H,19,20)(H,21,22). The van der Waals surface area contributed by atoms with Crippen LogP contribution in [0.15, 0.2) is 18.2 Å². The second kappa shape index (κ2) is 8.68. The van der Waals surface area contributed by atoms with Crippen LogP contribution in [0.1, 0.15) is 31.2 Å². The van der Waals surface area contributed by atoms with Crippen LogP contribution in [0.2, 0.25) is 0 Å². The third-order valence-electron chi connectivity index (χ3n) is 4.46. The van der Waals surface area contributed by atoms with E-state index in [0.29, 0.717) is 38.9 Å². The van der Waals surface area contributed by atoms with Crippen molar-refractivity contribution in [3.8, 4) is 5.75 Å². The van der Waals surface area contributed by atoms with E-state index >= 15 is 0 Å². The molecule has 0 unspecified atom stereocenters. The van der Waals surface area contributed by atoms with Gasteiger partial charge < -0.3 is 19.9 Å². The maximum Gasteiger partial charge on any atom is 0.306 e. The predicted octanol–water partition coefficient (Wildman–Crippen LogP) is 2.85. The molecule has 1 aliphatic carbocycles. The molecule has 2 rings (SSSR count). The fourth-order valence-corrected chi connectivity index (χ4v) is 2.95. The van der Waals surface area contributed by atoms with Gasteiger partial charge in [0.25, 0.3) is 0 Å². The Hall–Kier alpha value is -2.08. The van der Waals surface area contributed by atoms with Crippen molar-refractivity contribution in [1.82, 2.24) is 0 Å². The van der Waals surface area contributed by atoms with Gasteiger partial charge in [0.15, 0.2) is 0 Å². The summed E-state index contributed by atoms with van der Waals surface area (Å²) in [6, 6.07) is 5.53. The number of aliphatic carboxylic acids is 1. The van der Waals surface area contributed by atoms with Crippen molar-refractivity contribution in [3.05, 3.63) is 23.8 Å². The van der Waals surface area contributed by atoms with Gasteiger partial charge in [-0.15, -0.1) is 0 Å². The second-order valence-electron chi connectivity index (χ2n) is 6.19. The summed E-state index contributed by atoms with van der Waals surface area (Å²) in [6.45, 7) is 2.92. The first-order chi connectivity index (χ1) is 11.5. The highest BCUT2D eigenvalue weighted by Gasteiger charge is 2.29. The molecule has 1 amide bonds. The van der Waals surface area contributed by atoms with E-state index in [-0.39, 0.29) is 17.7 Å².